The minimum atomic E-state index is -0.533. The third-order valence-electron chi connectivity index (χ3n) is 4.81. The summed E-state index contributed by atoms with van der Waals surface area (Å²) >= 11 is 0. The van der Waals surface area contributed by atoms with Crippen molar-refractivity contribution >= 4 is 11.7 Å². The van der Waals surface area contributed by atoms with Crippen molar-refractivity contribution in [3.8, 4) is 11.5 Å². The van der Waals surface area contributed by atoms with E-state index in [0.717, 1.165) is 18.9 Å². The summed E-state index contributed by atoms with van der Waals surface area (Å²) in [6, 6.07) is 3.65. The fourth-order valence-corrected chi connectivity index (χ4v) is 3.31. The van der Waals surface area contributed by atoms with Gasteiger partial charge in [0.05, 0.1) is 6.54 Å². The highest BCUT2D eigenvalue weighted by Gasteiger charge is 2.19. The highest BCUT2D eigenvalue weighted by molar-refractivity contribution is 5.99. The number of phenols is 2. The second kappa shape index (κ2) is 8.12. The topological polar surface area (TPSA) is 141 Å². The largest absolute Gasteiger partial charge is 0.504 e. The lowest BCUT2D eigenvalue weighted by atomic mass is 9.97. The Balaban J connectivity index is 1.60. The highest BCUT2D eigenvalue weighted by atomic mass is 16.3. The first-order valence-corrected chi connectivity index (χ1v) is 9.03. The average Bonchev–Trinajstić information content (AvgIpc) is 2.68. The Labute approximate surface area is 159 Å². The van der Waals surface area contributed by atoms with Crippen LogP contribution in [0, 0.1) is 0 Å². The molecule has 9 nitrogen and oxygen atoms in total. The van der Waals surface area contributed by atoms with E-state index in [2.05, 4.69) is 10.3 Å². The lowest BCUT2D eigenvalue weighted by molar-refractivity contribution is -0.121. The summed E-state index contributed by atoms with van der Waals surface area (Å²) in [5.41, 5.74) is 0.552. The molecule has 0 unspecified atom stereocenters. The van der Waals surface area contributed by atoms with Gasteiger partial charge in [-0.2, -0.15) is 0 Å². The van der Waals surface area contributed by atoms with Gasteiger partial charge in [0, 0.05) is 29.8 Å². The SMILES string of the molecule is O=C(CCn1c2c(c(=O)[nH]c1=O)CCCC2)NCC(=O)c1ccc(O)c(O)c1. The van der Waals surface area contributed by atoms with Crippen LogP contribution in [0.4, 0.5) is 0 Å². The standard InChI is InChI=1S/C19H21N3O6/c23-14-6-5-11(9-15(14)24)16(25)10-20-17(26)7-8-22-13-4-2-1-3-12(13)18(27)21-19(22)28/h5-6,9,23-24H,1-4,7-8,10H2,(H,20,26)(H,21,27,28). The molecule has 0 saturated carbocycles. The molecule has 2 aromatic rings. The van der Waals surface area contributed by atoms with Gasteiger partial charge in [-0.05, 0) is 43.9 Å². The number of nitrogens with zero attached hydrogens (tertiary/aromatic N) is 1. The molecule has 0 saturated heterocycles. The number of amides is 1. The maximum absolute atomic E-state index is 12.1. The highest BCUT2D eigenvalue weighted by Crippen LogP contribution is 2.24. The maximum atomic E-state index is 12.1. The van der Waals surface area contributed by atoms with Gasteiger partial charge < -0.3 is 15.5 Å². The number of H-pyrrole nitrogens is 1. The van der Waals surface area contributed by atoms with Crippen LogP contribution in [0.2, 0.25) is 0 Å². The van der Waals surface area contributed by atoms with Gasteiger partial charge in [-0.3, -0.25) is 23.9 Å². The molecule has 3 rings (SSSR count). The minimum Gasteiger partial charge on any atom is -0.504 e. The molecule has 0 aliphatic heterocycles. The smallest absolute Gasteiger partial charge is 0.328 e. The van der Waals surface area contributed by atoms with Crippen LogP contribution < -0.4 is 16.6 Å². The number of carbonyl (C=O) groups excluding carboxylic acids is 2. The van der Waals surface area contributed by atoms with Gasteiger partial charge in [-0.1, -0.05) is 0 Å². The monoisotopic (exact) mass is 387 g/mol. The summed E-state index contributed by atoms with van der Waals surface area (Å²) in [6.45, 7) is -0.167. The van der Waals surface area contributed by atoms with Gasteiger partial charge in [0.1, 0.15) is 0 Å². The Bertz CT molecular complexity index is 1040. The number of aromatic amines is 1. The van der Waals surface area contributed by atoms with E-state index in [1.54, 1.807) is 0 Å². The van der Waals surface area contributed by atoms with Crippen molar-refractivity contribution in [1.29, 1.82) is 0 Å². The molecule has 1 aromatic heterocycles. The molecule has 1 amide bonds. The van der Waals surface area contributed by atoms with Crippen LogP contribution in [0.5, 0.6) is 11.5 Å². The van der Waals surface area contributed by atoms with E-state index < -0.39 is 23.1 Å². The molecular weight excluding hydrogens is 366 g/mol. The molecule has 0 radical (unpaired) electrons. The number of hydrogen-bond donors (Lipinski definition) is 4. The Morgan fingerprint density at radius 3 is 2.61 bits per heavy atom. The molecule has 1 aliphatic rings. The van der Waals surface area contributed by atoms with E-state index >= 15 is 0 Å². The Morgan fingerprint density at radius 1 is 1.11 bits per heavy atom. The molecule has 0 spiro atoms. The van der Waals surface area contributed by atoms with Gasteiger partial charge in [0.25, 0.3) is 5.56 Å². The molecule has 28 heavy (non-hydrogen) atoms. The molecular formula is C19H21N3O6. The summed E-state index contributed by atoms with van der Waals surface area (Å²) < 4.78 is 1.43. The van der Waals surface area contributed by atoms with Crippen molar-refractivity contribution in [2.75, 3.05) is 6.54 Å². The number of aromatic nitrogens is 2. The number of ketones is 1. The van der Waals surface area contributed by atoms with E-state index in [9.17, 15) is 29.4 Å². The van der Waals surface area contributed by atoms with Crippen molar-refractivity contribution in [2.24, 2.45) is 0 Å². The third kappa shape index (κ3) is 4.13. The zero-order valence-corrected chi connectivity index (χ0v) is 15.2. The van der Waals surface area contributed by atoms with Crippen LogP contribution in [-0.2, 0) is 24.2 Å². The van der Waals surface area contributed by atoms with Crippen molar-refractivity contribution < 1.29 is 19.8 Å². The molecule has 1 aliphatic carbocycles. The first kappa shape index (κ1) is 19.4. The Morgan fingerprint density at radius 2 is 1.86 bits per heavy atom. The normalized spacial score (nSPS) is 13.0. The summed E-state index contributed by atoms with van der Waals surface area (Å²) in [5, 5.41) is 21.2. The van der Waals surface area contributed by atoms with Crippen molar-refractivity contribution in [2.45, 2.75) is 38.6 Å². The number of fused-ring (bicyclic) bond motifs is 1. The van der Waals surface area contributed by atoms with E-state index in [4.69, 9.17) is 0 Å². The number of aromatic hydroxyl groups is 2. The molecule has 0 atom stereocenters. The molecule has 0 bridgehead atoms. The average molecular weight is 387 g/mol. The summed E-state index contributed by atoms with van der Waals surface area (Å²) in [5.74, 6) is -1.60. The molecule has 4 N–H and O–H groups in total. The Hall–Kier alpha value is -3.36. The van der Waals surface area contributed by atoms with E-state index in [-0.39, 0.29) is 36.4 Å². The fourth-order valence-electron chi connectivity index (χ4n) is 3.31. The number of rotatable bonds is 6. The molecule has 0 fully saturated rings. The number of nitrogens with one attached hydrogen (secondary N) is 2. The van der Waals surface area contributed by atoms with Gasteiger partial charge >= 0.3 is 5.69 Å². The lowest BCUT2D eigenvalue weighted by Crippen LogP contribution is -2.38. The quantitative estimate of drug-likeness (QED) is 0.413. The second-order valence-electron chi connectivity index (χ2n) is 6.70. The van der Waals surface area contributed by atoms with Gasteiger partial charge in [0.15, 0.2) is 17.3 Å². The predicted molar refractivity (Wildman–Crippen MR) is 99.7 cm³/mol. The van der Waals surface area contributed by atoms with Crippen LogP contribution in [0.1, 0.15) is 40.9 Å². The molecule has 1 aromatic carbocycles. The van der Waals surface area contributed by atoms with Crippen LogP contribution in [0.15, 0.2) is 27.8 Å². The van der Waals surface area contributed by atoms with Crippen LogP contribution in [0.3, 0.4) is 0 Å². The Kier molecular flexibility index (Phi) is 5.62. The third-order valence-corrected chi connectivity index (χ3v) is 4.81. The number of phenolic OH excluding ortho intramolecular Hbond substituents is 2. The summed E-state index contributed by atoms with van der Waals surface area (Å²) in [6.07, 6.45) is 3.00. The number of benzene rings is 1. The van der Waals surface area contributed by atoms with Crippen LogP contribution in [0.25, 0.3) is 0 Å². The predicted octanol–water partition coefficient (Wildman–Crippen LogP) is 0.216. The van der Waals surface area contributed by atoms with Crippen molar-refractivity contribution in [3.63, 3.8) is 0 Å². The number of carbonyl (C=O) groups is 2. The molecule has 1 heterocycles. The molecule has 148 valence electrons. The number of hydrogen-bond acceptors (Lipinski definition) is 6. The summed E-state index contributed by atoms with van der Waals surface area (Å²) in [7, 11) is 0. The van der Waals surface area contributed by atoms with Crippen molar-refractivity contribution in [1.82, 2.24) is 14.9 Å². The second-order valence-corrected chi connectivity index (χ2v) is 6.70. The lowest BCUT2D eigenvalue weighted by Gasteiger charge is -2.19. The van der Waals surface area contributed by atoms with Crippen LogP contribution in [-0.4, -0.2) is 38.0 Å². The zero-order valence-electron chi connectivity index (χ0n) is 15.2. The number of Topliss-reactive ketones (excluding diaryl/α,β-unsaturated/α-hetero) is 1. The van der Waals surface area contributed by atoms with E-state index in [1.807, 2.05) is 0 Å². The maximum Gasteiger partial charge on any atom is 0.328 e. The minimum absolute atomic E-state index is 0.0213. The zero-order chi connectivity index (χ0) is 20.3. The van der Waals surface area contributed by atoms with Gasteiger partial charge in [-0.15, -0.1) is 0 Å². The summed E-state index contributed by atoms with van der Waals surface area (Å²) in [4.78, 5) is 50.5. The van der Waals surface area contributed by atoms with Crippen LogP contribution >= 0.6 is 0 Å². The fraction of sp³-hybridized carbons (Fsp3) is 0.368. The van der Waals surface area contributed by atoms with E-state index in [1.165, 1.54) is 16.7 Å². The van der Waals surface area contributed by atoms with Crippen molar-refractivity contribution in [3.05, 3.63) is 55.9 Å². The van der Waals surface area contributed by atoms with E-state index in [0.29, 0.717) is 24.1 Å². The van der Waals surface area contributed by atoms with Gasteiger partial charge in [0.2, 0.25) is 5.91 Å². The van der Waals surface area contributed by atoms with Gasteiger partial charge in [-0.25, -0.2) is 4.79 Å². The first-order valence-electron chi connectivity index (χ1n) is 9.03. The first-order chi connectivity index (χ1) is 13.4. The molecule has 9 heteroatoms.